The third-order valence-corrected chi connectivity index (χ3v) is 5.81. The lowest BCUT2D eigenvalue weighted by atomic mass is 9.90. The molecule has 2 aromatic rings. The Labute approximate surface area is 176 Å². The summed E-state index contributed by atoms with van der Waals surface area (Å²) in [4.78, 5) is 26.4. The van der Waals surface area contributed by atoms with Crippen molar-refractivity contribution < 1.29 is 23.8 Å². The van der Waals surface area contributed by atoms with Gasteiger partial charge < -0.3 is 19.1 Å². The van der Waals surface area contributed by atoms with Crippen LogP contribution >= 0.6 is 0 Å². The average molecular weight is 409 g/mol. The molecule has 158 valence electrons. The number of carbonyl (C=O) groups excluding carboxylic acids is 2. The monoisotopic (exact) mass is 409 g/mol. The summed E-state index contributed by atoms with van der Waals surface area (Å²) >= 11 is 0. The third kappa shape index (κ3) is 4.75. The van der Waals surface area contributed by atoms with Crippen LogP contribution in [0, 0.1) is 5.92 Å². The van der Waals surface area contributed by atoms with Crippen molar-refractivity contribution in [1.29, 1.82) is 0 Å². The molecule has 1 saturated heterocycles. The smallest absolute Gasteiger partial charge is 0.303 e. The van der Waals surface area contributed by atoms with Gasteiger partial charge in [0.15, 0.2) is 11.5 Å². The summed E-state index contributed by atoms with van der Waals surface area (Å²) in [5, 5.41) is 0. The fourth-order valence-corrected chi connectivity index (χ4v) is 4.13. The zero-order valence-corrected chi connectivity index (χ0v) is 17.2. The highest BCUT2D eigenvalue weighted by molar-refractivity contribution is 5.84. The number of nitrogens with zero attached hydrogens (tertiary/aromatic N) is 1. The molecular weight excluding hydrogens is 382 g/mol. The molecule has 0 saturated carbocycles. The van der Waals surface area contributed by atoms with Gasteiger partial charge in [0.05, 0.1) is 0 Å². The van der Waals surface area contributed by atoms with Crippen LogP contribution in [0.1, 0.15) is 43.4 Å². The number of likely N-dealkylation sites (tertiary alicyclic amines) is 1. The second-order valence-corrected chi connectivity index (χ2v) is 7.90. The first kappa shape index (κ1) is 20.3. The van der Waals surface area contributed by atoms with Gasteiger partial charge >= 0.3 is 5.97 Å². The van der Waals surface area contributed by atoms with Crippen LogP contribution in [0.25, 0.3) is 0 Å². The Morgan fingerprint density at radius 1 is 1.07 bits per heavy atom. The number of ether oxygens (including phenoxy) is 3. The van der Waals surface area contributed by atoms with Crippen molar-refractivity contribution in [2.75, 3.05) is 19.9 Å². The van der Waals surface area contributed by atoms with E-state index in [1.807, 2.05) is 41.3 Å². The van der Waals surface area contributed by atoms with Gasteiger partial charge in [-0.1, -0.05) is 36.4 Å². The van der Waals surface area contributed by atoms with E-state index >= 15 is 0 Å². The molecule has 2 aliphatic heterocycles. The van der Waals surface area contributed by atoms with Crippen molar-refractivity contribution in [1.82, 2.24) is 4.90 Å². The molecule has 6 nitrogen and oxygen atoms in total. The molecular formula is C24H27NO5. The van der Waals surface area contributed by atoms with Gasteiger partial charge in [0.1, 0.15) is 0 Å². The quantitative estimate of drug-likeness (QED) is 0.677. The molecule has 0 aliphatic carbocycles. The number of benzene rings is 2. The summed E-state index contributed by atoms with van der Waals surface area (Å²) in [5.74, 6) is 1.63. The van der Waals surface area contributed by atoms with Gasteiger partial charge in [-0.05, 0) is 49.3 Å². The van der Waals surface area contributed by atoms with E-state index in [0.717, 1.165) is 37.2 Å². The van der Waals surface area contributed by atoms with E-state index < -0.39 is 12.1 Å². The van der Waals surface area contributed by atoms with E-state index in [9.17, 15) is 9.59 Å². The summed E-state index contributed by atoms with van der Waals surface area (Å²) in [6.07, 6.45) is 3.10. The Balaban J connectivity index is 1.30. The third-order valence-electron chi connectivity index (χ3n) is 5.81. The highest BCUT2D eigenvalue weighted by atomic mass is 16.7. The summed E-state index contributed by atoms with van der Waals surface area (Å²) in [6.45, 7) is 3.01. The van der Waals surface area contributed by atoms with Gasteiger partial charge in [-0.15, -0.1) is 0 Å². The van der Waals surface area contributed by atoms with Crippen molar-refractivity contribution in [3.63, 3.8) is 0 Å². The molecule has 0 spiro atoms. The minimum Gasteiger partial charge on any atom is -0.454 e. The second-order valence-electron chi connectivity index (χ2n) is 7.90. The van der Waals surface area contributed by atoms with E-state index in [1.54, 1.807) is 0 Å². The fourth-order valence-electron chi connectivity index (χ4n) is 4.13. The Hall–Kier alpha value is -3.02. The second kappa shape index (κ2) is 9.20. The zero-order valence-electron chi connectivity index (χ0n) is 17.2. The number of aryl methyl sites for hydroxylation is 1. The van der Waals surface area contributed by atoms with Crippen LogP contribution in [-0.4, -0.2) is 36.7 Å². The van der Waals surface area contributed by atoms with Crippen molar-refractivity contribution in [3.8, 4) is 11.5 Å². The van der Waals surface area contributed by atoms with Gasteiger partial charge in [-0.25, -0.2) is 0 Å². The highest BCUT2D eigenvalue weighted by Crippen LogP contribution is 2.33. The summed E-state index contributed by atoms with van der Waals surface area (Å²) < 4.78 is 16.2. The molecule has 0 unspecified atom stereocenters. The van der Waals surface area contributed by atoms with Crippen LogP contribution in [0.15, 0.2) is 48.5 Å². The van der Waals surface area contributed by atoms with Gasteiger partial charge in [-0.3, -0.25) is 9.59 Å². The molecule has 0 N–H and O–H groups in total. The molecule has 2 aromatic carbocycles. The molecule has 0 aromatic heterocycles. The number of rotatable bonds is 6. The molecule has 4 rings (SSSR count). The topological polar surface area (TPSA) is 65.1 Å². The molecule has 30 heavy (non-hydrogen) atoms. The Morgan fingerprint density at radius 3 is 2.53 bits per heavy atom. The van der Waals surface area contributed by atoms with Crippen molar-refractivity contribution in [2.24, 2.45) is 5.92 Å². The number of hydrogen-bond acceptors (Lipinski definition) is 5. The van der Waals surface area contributed by atoms with Gasteiger partial charge in [-0.2, -0.15) is 0 Å². The summed E-state index contributed by atoms with van der Waals surface area (Å²) in [7, 11) is 0. The number of amides is 1. The fraction of sp³-hybridized carbons (Fsp3) is 0.417. The first-order chi connectivity index (χ1) is 14.6. The highest BCUT2D eigenvalue weighted by Gasteiger charge is 2.31. The van der Waals surface area contributed by atoms with Crippen LogP contribution in [0.2, 0.25) is 0 Å². The standard InChI is InChI=1S/C24H27NO5/c1-17(26)30-23(20-5-3-2-4-6-20)24(27)25-13-11-18(12-14-25)7-8-19-9-10-21-22(15-19)29-16-28-21/h2-6,9-10,15,18,23H,7-8,11-14,16H2,1H3/t23-/m0/s1. The maximum absolute atomic E-state index is 13.1. The molecule has 0 radical (unpaired) electrons. The van der Waals surface area contributed by atoms with Gasteiger partial charge in [0, 0.05) is 25.6 Å². The van der Waals surface area contributed by atoms with E-state index in [-0.39, 0.29) is 5.91 Å². The van der Waals surface area contributed by atoms with Crippen LogP contribution in [0.5, 0.6) is 11.5 Å². The maximum Gasteiger partial charge on any atom is 0.303 e. The SMILES string of the molecule is CC(=O)O[C@H](C(=O)N1CCC(CCc2ccc3c(c2)OCO3)CC1)c1ccccc1. The number of piperidine rings is 1. The molecule has 0 bridgehead atoms. The van der Waals surface area contributed by atoms with E-state index in [1.165, 1.54) is 12.5 Å². The average Bonchev–Trinajstić information content (AvgIpc) is 3.24. The number of fused-ring (bicyclic) bond motifs is 1. The lowest BCUT2D eigenvalue weighted by Crippen LogP contribution is -2.42. The zero-order chi connectivity index (χ0) is 20.9. The molecule has 2 aliphatic rings. The molecule has 6 heteroatoms. The normalized spacial score (nSPS) is 16.9. The van der Waals surface area contributed by atoms with E-state index in [4.69, 9.17) is 14.2 Å². The van der Waals surface area contributed by atoms with Crippen LogP contribution < -0.4 is 9.47 Å². The largest absolute Gasteiger partial charge is 0.454 e. The van der Waals surface area contributed by atoms with Crippen molar-refractivity contribution >= 4 is 11.9 Å². The minimum atomic E-state index is -0.867. The predicted octanol–water partition coefficient (Wildman–Crippen LogP) is 3.89. The minimum absolute atomic E-state index is 0.134. The maximum atomic E-state index is 13.1. The Kier molecular flexibility index (Phi) is 6.21. The lowest BCUT2D eigenvalue weighted by Gasteiger charge is -2.34. The number of hydrogen-bond donors (Lipinski definition) is 0. The molecule has 1 atom stereocenters. The molecule has 2 heterocycles. The lowest BCUT2D eigenvalue weighted by molar-refractivity contribution is -0.160. The first-order valence-electron chi connectivity index (χ1n) is 10.5. The van der Waals surface area contributed by atoms with Crippen LogP contribution in [0.3, 0.4) is 0 Å². The van der Waals surface area contributed by atoms with Crippen LogP contribution in [0.4, 0.5) is 0 Å². The van der Waals surface area contributed by atoms with Gasteiger partial charge in [0.25, 0.3) is 5.91 Å². The summed E-state index contributed by atoms with van der Waals surface area (Å²) in [5.41, 5.74) is 1.96. The van der Waals surface area contributed by atoms with Crippen LogP contribution in [-0.2, 0) is 20.7 Å². The Morgan fingerprint density at radius 2 is 1.80 bits per heavy atom. The van der Waals surface area contributed by atoms with Gasteiger partial charge in [0.2, 0.25) is 12.9 Å². The van der Waals surface area contributed by atoms with E-state index in [0.29, 0.717) is 31.4 Å². The van der Waals surface area contributed by atoms with E-state index in [2.05, 4.69) is 12.1 Å². The number of esters is 1. The molecule has 1 amide bonds. The van der Waals surface area contributed by atoms with Crippen molar-refractivity contribution in [2.45, 2.75) is 38.7 Å². The Bertz CT molecular complexity index is 890. The van der Waals surface area contributed by atoms with Crippen molar-refractivity contribution in [3.05, 3.63) is 59.7 Å². The first-order valence-corrected chi connectivity index (χ1v) is 10.5. The molecule has 1 fully saturated rings. The predicted molar refractivity (Wildman–Crippen MR) is 111 cm³/mol. The number of carbonyl (C=O) groups is 2. The summed E-state index contributed by atoms with van der Waals surface area (Å²) in [6, 6.07) is 15.3.